The van der Waals surface area contributed by atoms with Gasteiger partial charge in [-0.1, -0.05) is 50.2 Å². The van der Waals surface area contributed by atoms with Crippen molar-refractivity contribution in [2.24, 2.45) is 5.92 Å². The van der Waals surface area contributed by atoms with Crippen molar-refractivity contribution in [2.75, 3.05) is 6.54 Å². The third-order valence-electron chi connectivity index (χ3n) is 2.91. The van der Waals surface area contributed by atoms with Crippen molar-refractivity contribution in [1.82, 2.24) is 10.3 Å². The maximum absolute atomic E-state index is 4.51. The van der Waals surface area contributed by atoms with Gasteiger partial charge in [-0.15, -0.1) is 11.8 Å². The number of pyridine rings is 1. The van der Waals surface area contributed by atoms with Crippen LogP contribution >= 0.6 is 11.8 Å². The molecule has 0 unspecified atom stereocenters. The summed E-state index contributed by atoms with van der Waals surface area (Å²) in [7, 11) is 0. The number of aromatic nitrogens is 1. The number of thioether (sulfide) groups is 1. The lowest BCUT2D eigenvalue weighted by atomic mass is 10.2. The van der Waals surface area contributed by atoms with E-state index in [-0.39, 0.29) is 0 Å². The van der Waals surface area contributed by atoms with E-state index < -0.39 is 0 Å². The van der Waals surface area contributed by atoms with Crippen molar-refractivity contribution in [3.63, 3.8) is 0 Å². The van der Waals surface area contributed by atoms with E-state index in [1.54, 1.807) is 11.8 Å². The Morgan fingerprint density at radius 2 is 1.85 bits per heavy atom. The molecule has 0 saturated heterocycles. The topological polar surface area (TPSA) is 24.9 Å². The molecule has 1 N–H and O–H groups in total. The van der Waals surface area contributed by atoms with Crippen LogP contribution in [0.4, 0.5) is 0 Å². The van der Waals surface area contributed by atoms with E-state index >= 15 is 0 Å². The normalized spacial score (nSPS) is 10.9. The molecule has 0 fully saturated rings. The third kappa shape index (κ3) is 5.35. The van der Waals surface area contributed by atoms with Gasteiger partial charge >= 0.3 is 0 Å². The van der Waals surface area contributed by atoms with Crippen LogP contribution in [0.5, 0.6) is 0 Å². The van der Waals surface area contributed by atoms with Crippen molar-refractivity contribution in [2.45, 2.75) is 31.2 Å². The molecule has 0 radical (unpaired) electrons. The summed E-state index contributed by atoms with van der Waals surface area (Å²) in [6, 6.07) is 14.8. The summed E-state index contributed by atoms with van der Waals surface area (Å²) in [4.78, 5) is 4.51. The summed E-state index contributed by atoms with van der Waals surface area (Å²) in [6.45, 7) is 6.38. The molecule has 0 saturated carbocycles. The van der Waals surface area contributed by atoms with Gasteiger partial charge in [0.15, 0.2) is 0 Å². The Labute approximate surface area is 126 Å². The van der Waals surface area contributed by atoms with Crippen LogP contribution in [0.3, 0.4) is 0 Å². The molecule has 2 rings (SSSR count). The zero-order chi connectivity index (χ0) is 14.2. The first kappa shape index (κ1) is 15.1. The van der Waals surface area contributed by atoms with Crippen molar-refractivity contribution in [1.29, 1.82) is 0 Å². The van der Waals surface area contributed by atoms with Crippen LogP contribution in [0.25, 0.3) is 0 Å². The lowest BCUT2D eigenvalue weighted by Crippen LogP contribution is -2.18. The van der Waals surface area contributed by atoms with Gasteiger partial charge in [-0.2, -0.15) is 0 Å². The number of nitrogens with zero attached hydrogens (tertiary/aromatic N) is 1. The maximum atomic E-state index is 4.51. The fraction of sp³-hybridized carbons (Fsp3) is 0.353. The minimum Gasteiger partial charge on any atom is -0.312 e. The molecule has 0 aliphatic heterocycles. The summed E-state index contributed by atoms with van der Waals surface area (Å²) in [6.07, 6.45) is 1.97. The molecule has 0 amide bonds. The van der Waals surface area contributed by atoms with E-state index in [0.29, 0.717) is 5.92 Å². The van der Waals surface area contributed by atoms with Crippen molar-refractivity contribution in [3.05, 3.63) is 59.8 Å². The summed E-state index contributed by atoms with van der Waals surface area (Å²) < 4.78 is 0. The number of nitrogens with one attached hydrogen (secondary N) is 1. The second-order valence-electron chi connectivity index (χ2n) is 5.30. The average Bonchev–Trinajstić information content (AvgIpc) is 2.47. The van der Waals surface area contributed by atoms with Crippen LogP contribution in [0.2, 0.25) is 0 Å². The fourth-order valence-corrected chi connectivity index (χ4v) is 2.64. The predicted octanol–water partition coefficient (Wildman–Crippen LogP) is 4.12. The minimum absolute atomic E-state index is 0.684. The molecule has 106 valence electrons. The Morgan fingerprint density at radius 3 is 2.50 bits per heavy atom. The summed E-state index contributed by atoms with van der Waals surface area (Å²) in [5.74, 6) is 1.65. The summed E-state index contributed by atoms with van der Waals surface area (Å²) in [5, 5.41) is 4.52. The van der Waals surface area contributed by atoms with Crippen LogP contribution in [-0.2, 0) is 12.3 Å². The molecule has 0 atom stereocenters. The van der Waals surface area contributed by atoms with E-state index in [1.165, 1.54) is 11.1 Å². The Bertz CT molecular complexity index is 494. The van der Waals surface area contributed by atoms with E-state index in [9.17, 15) is 0 Å². The first-order valence-corrected chi connectivity index (χ1v) is 8.05. The van der Waals surface area contributed by atoms with Gasteiger partial charge in [-0.25, -0.2) is 4.98 Å². The first-order valence-electron chi connectivity index (χ1n) is 7.06. The van der Waals surface area contributed by atoms with Crippen LogP contribution in [0, 0.1) is 5.92 Å². The Hall–Kier alpha value is -1.32. The minimum atomic E-state index is 0.684. The Balaban J connectivity index is 1.79. The molecule has 1 aromatic heterocycles. The lowest BCUT2D eigenvalue weighted by molar-refractivity contribution is 0.551. The second-order valence-corrected chi connectivity index (χ2v) is 6.30. The average molecular weight is 286 g/mol. The highest BCUT2D eigenvalue weighted by atomic mass is 32.2. The SMILES string of the molecule is CC(C)CNCc1ccc(SCc2ccccc2)nc1. The summed E-state index contributed by atoms with van der Waals surface area (Å²) >= 11 is 1.78. The van der Waals surface area contributed by atoms with E-state index in [2.05, 4.69) is 60.5 Å². The van der Waals surface area contributed by atoms with Crippen LogP contribution in [0.1, 0.15) is 25.0 Å². The van der Waals surface area contributed by atoms with Gasteiger partial charge in [0.25, 0.3) is 0 Å². The zero-order valence-corrected chi connectivity index (χ0v) is 13.0. The molecule has 0 aliphatic rings. The lowest BCUT2D eigenvalue weighted by Gasteiger charge is -2.07. The smallest absolute Gasteiger partial charge is 0.0963 e. The number of hydrogen-bond acceptors (Lipinski definition) is 3. The van der Waals surface area contributed by atoms with Crippen molar-refractivity contribution < 1.29 is 0 Å². The number of rotatable bonds is 7. The Kier molecular flexibility index (Phi) is 6.09. The molecule has 1 aromatic carbocycles. The molecule has 0 aliphatic carbocycles. The van der Waals surface area contributed by atoms with E-state index in [0.717, 1.165) is 23.9 Å². The van der Waals surface area contributed by atoms with Gasteiger partial charge in [-0.3, -0.25) is 0 Å². The zero-order valence-electron chi connectivity index (χ0n) is 12.2. The highest BCUT2D eigenvalue weighted by molar-refractivity contribution is 7.98. The number of benzene rings is 1. The molecule has 20 heavy (non-hydrogen) atoms. The van der Waals surface area contributed by atoms with Gasteiger partial charge in [0.2, 0.25) is 0 Å². The quantitative estimate of drug-likeness (QED) is 0.775. The Morgan fingerprint density at radius 1 is 1.05 bits per heavy atom. The van der Waals surface area contributed by atoms with E-state index in [1.807, 2.05) is 12.3 Å². The molecule has 2 aromatic rings. The van der Waals surface area contributed by atoms with Gasteiger partial charge in [0.05, 0.1) is 5.03 Å². The molecule has 2 nitrogen and oxygen atoms in total. The first-order chi connectivity index (χ1) is 9.74. The second kappa shape index (κ2) is 8.08. The van der Waals surface area contributed by atoms with Crippen LogP contribution < -0.4 is 5.32 Å². The highest BCUT2D eigenvalue weighted by Gasteiger charge is 1.99. The number of hydrogen-bond donors (Lipinski definition) is 1. The maximum Gasteiger partial charge on any atom is 0.0963 e. The molecule has 3 heteroatoms. The van der Waals surface area contributed by atoms with Crippen molar-refractivity contribution >= 4 is 11.8 Å². The molecule has 0 bridgehead atoms. The molecular formula is C17H22N2S. The van der Waals surface area contributed by atoms with Crippen LogP contribution in [0.15, 0.2) is 53.7 Å². The third-order valence-corrected chi connectivity index (χ3v) is 3.92. The van der Waals surface area contributed by atoms with Crippen LogP contribution in [-0.4, -0.2) is 11.5 Å². The van der Waals surface area contributed by atoms with Gasteiger partial charge in [0, 0.05) is 18.5 Å². The monoisotopic (exact) mass is 286 g/mol. The molecule has 1 heterocycles. The highest BCUT2D eigenvalue weighted by Crippen LogP contribution is 2.20. The predicted molar refractivity (Wildman–Crippen MR) is 86.8 cm³/mol. The van der Waals surface area contributed by atoms with Crippen molar-refractivity contribution in [3.8, 4) is 0 Å². The largest absolute Gasteiger partial charge is 0.312 e. The van der Waals surface area contributed by atoms with E-state index in [4.69, 9.17) is 0 Å². The van der Waals surface area contributed by atoms with Gasteiger partial charge < -0.3 is 5.32 Å². The molecule has 0 spiro atoms. The standard InChI is InChI=1S/C17H22N2S/c1-14(2)10-18-11-16-8-9-17(19-12-16)20-13-15-6-4-3-5-7-15/h3-9,12,14,18H,10-11,13H2,1-2H3. The van der Waals surface area contributed by atoms with Gasteiger partial charge in [0.1, 0.15) is 0 Å². The fourth-order valence-electron chi connectivity index (χ4n) is 1.84. The summed E-state index contributed by atoms with van der Waals surface area (Å²) in [5.41, 5.74) is 2.58. The molecular weight excluding hydrogens is 264 g/mol. The van der Waals surface area contributed by atoms with Gasteiger partial charge in [-0.05, 0) is 29.7 Å².